The zero-order chi connectivity index (χ0) is 27.5. The average molecular weight is 547 g/mol. The van der Waals surface area contributed by atoms with Crippen molar-refractivity contribution in [1.29, 1.82) is 0 Å². The van der Waals surface area contributed by atoms with Crippen LogP contribution in [0.1, 0.15) is 32.1 Å². The number of benzene rings is 1. The third kappa shape index (κ3) is 9.48. The maximum Gasteiger partial charge on any atom is 0.333 e. The maximum atomic E-state index is 11.8. The van der Waals surface area contributed by atoms with Crippen molar-refractivity contribution in [2.24, 2.45) is 10.2 Å². The van der Waals surface area contributed by atoms with Crippen LogP contribution in [0.25, 0.3) is 0 Å². The molecular formula is C25H32N5O7S+. The van der Waals surface area contributed by atoms with Gasteiger partial charge in [-0.15, -0.1) is 4.73 Å². The van der Waals surface area contributed by atoms with Crippen LogP contribution in [0.5, 0.6) is 11.8 Å². The van der Waals surface area contributed by atoms with E-state index in [1.54, 1.807) is 0 Å². The van der Waals surface area contributed by atoms with Gasteiger partial charge in [-0.05, 0) is 43.5 Å². The Morgan fingerprint density at radius 2 is 1.53 bits per heavy atom. The highest BCUT2D eigenvalue weighted by atomic mass is 32.2. The summed E-state index contributed by atoms with van der Waals surface area (Å²) in [6.07, 6.45) is 6.59. The van der Waals surface area contributed by atoms with E-state index < -0.39 is 16.1 Å². The number of pyridine rings is 1. The first-order chi connectivity index (χ1) is 18.1. The topological polar surface area (TPSA) is 158 Å². The average Bonchev–Trinajstić information content (AvgIpc) is 3.19. The highest BCUT2D eigenvalue weighted by Gasteiger charge is 2.12. The van der Waals surface area contributed by atoms with E-state index in [2.05, 4.69) is 10.2 Å². The molecule has 38 heavy (non-hydrogen) atoms. The van der Waals surface area contributed by atoms with Crippen LogP contribution >= 0.6 is 0 Å². The van der Waals surface area contributed by atoms with Crippen molar-refractivity contribution in [3.63, 3.8) is 0 Å². The molecule has 0 aliphatic carbocycles. The van der Waals surface area contributed by atoms with Crippen molar-refractivity contribution < 1.29 is 37.4 Å². The van der Waals surface area contributed by atoms with Gasteiger partial charge in [0, 0.05) is 56.4 Å². The molecule has 0 fully saturated rings. The van der Waals surface area contributed by atoms with Gasteiger partial charge in [0.2, 0.25) is 11.8 Å². The lowest BCUT2D eigenvalue weighted by atomic mass is 10.2. The number of hydrogen-bond donors (Lipinski definition) is 3. The minimum Gasteiger partial charge on any atom is -0.492 e. The summed E-state index contributed by atoms with van der Waals surface area (Å²) in [5.41, 5.74) is 2.28. The third-order valence-electron chi connectivity index (χ3n) is 5.63. The Bertz CT molecular complexity index is 1300. The zero-order valence-electron chi connectivity index (χ0n) is 21.0. The summed E-state index contributed by atoms with van der Waals surface area (Å²) in [4.78, 5) is 18.7. The largest absolute Gasteiger partial charge is 0.492 e. The predicted molar refractivity (Wildman–Crippen MR) is 139 cm³/mol. The van der Waals surface area contributed by atoms with Crippen molar-refractivity contribution in [1.82, 2.24) is 4.73 Å². The van der Waals surface area contributed by atoms with Gasteiger partial charge in [-0.25, -0.2) is 9.36 Å². The number of aryl methyl sites for hydroxylation is 1. The van der Waals surface area contributed by atoms with Gasteiger partial charge in [0.1, 0.15) is 6.54 Å². The van der Waals surface area contributed by atoms with Crippen LogP contribution in [0.2, 0.25) is 0 Å². The molecule has 12 nitrogen and oxygen atoms in total. The second kappa shape index (κ2) is 13.5. The van der Waals surface area contributed by atoms with Crippen LogP contribution in [-0.4, -0.2) is 53.2 Å². The number of nitrogens with zero attached hydrogens (tertiary/aromatic N) is 5. The van der Waals surface area contributed by atoms with Gasteiger partial charge in [-0.2, -0.15) is 18.6 Å². The van der Waals surface area contributed by atoms with E-state index in [-0.39, 0.29) is 23.9 Å². The van der Waals surface area contributed by atoms with E-state index in [0.29, 0.717) is 35.5 Å². The predicted octanol–water partition coefficient (Wildman–Crippen LogP) is 3.53. The molecule has 0 spiro atoms. The normalized spacial score (nSPS) is 11.6. The van der Waals surface area contributed by atoms with Crippen LogP contribution in [0, 0.1) is 0 Å². The molecule has 3 N–H and O–H groups in total. The molecule has 0 atom stereocenters. The summed E-state index contributed by atoms with van der Waals surface area (Å²) in [5, 5.41) is 27.5. The van der Waals surface area contributed by atoms with Crippen molar-refractivity contribution >= 4 is 33.1 Å². The van der Waals surface area contributed by atoms with Crippen LogP contribution in [0.4, 0.5) is 17.1 Å². The Kier molecular flexibility index (Phi) is 10.2. The number of rotatable bonds is 14. The summed E-state index contributed by atoms with van der Waals surface area (Å²) in [7, 11) is -2.10. The summed E-state index contributed by atoms with van der Waals surface area (Å²) >= 11 is 0. The fraction of sp³-hybridized carbons (Fsp3) is 0.360. The van der Waals surface area contributed by atoms with E-state index in [1.807, 2.05) is 65.3 Å². The fourth-order valence-electron chi connectivity index (χ4n) is 3.55. The minimum atomic E-state index is -3.95. The summed E-state index contributed by atoms with van der Waals surface area (Å²) in [6.45, 7) is 1.26. The number of azo groups is 1. The minimum absolute atomic E-state index is 0.173. The lowest BCUT2D eigenvalue weighted by molar-refractivity contribution is -0.697. The number of hydrogen-bond acceptors (Lipinski definition) is 9. The van der Waals surface area contributed by atoms with Crippen molar-refractivity contribution in [2.75, 3.05) is 24.2 Å². The van der Waals surface area contributed by atoms with Gasteiger partial charge in [-0.1, -0.05) is 0 Å². The van der Waals surface area contributed by atoms with Crippen LogP contribution in [-0.2, 0) is 21.5 Å². The second-order valence-corrected chi connectivity index (χ2v) is 10.3. The molecular weight excluding hydrogens is 514 g/mol. The number of unbranched alkanes of at least 4 members (excludes halogenated alkanes) is 2. The summed E-state index contributed by atoms with van der Waals surface area (Å²) in [5.74, 6) is -1.49. The molecule has 1 aromatic carbocycles. The van der Waals surface area contributed by atoms with Gasteiger partial charge >= 0.3 is 5.97 Å². The number of aromatic nitrogens is 2. The van der Waals surface area contributed by atoms with Crippen molar-refractivity contribution in [3.8, 4) is 11.8 Å². The molecule has 0 saturated carbocycles. The van der Waals surface area contributed by atoms with E-state index >= 15 is 0 Å². The standard InChI is InChI=1S/C25H31N5O7S/c1-28(15-5-19-38(34,35)36)22-9-7-20(8-10-22)26-27-21-13-17-29(18-14-21)16-4-2-3-6-25(33)37-30-23(31)11-12-24(30)32/h7-14,17-18,26H,2-6,15-16,19H2,1H3,(H,34,35,36)/p+1. The molecule has 0 amide bonds. The van der Waals surface area contributed by atoms with Gasteiger partial charge < -0.3 is 20.0 Å². The Balaban J connectivity index is 1.36. The molecule has 13 heteroatoms. The number of anilines is 1. The van der Waals surface area contributed by atoms with Crippen LogP contribution in [0.15, 0.2) is 71.2 Å². The molecule has 3 rings (SSSR count). The fourth-order valence-corrected chi connectivity index (χ4v) is 4.04. The first kappa shape index (κ1) is 28.6. The number of carbonyl (C=O) groups is 1. The molecule has 0 unspecified atom stereocenters. The Hall–Kier alpha value is -3.97. The van der Waals surface area contributed by atoms with E-state index in [4.69, 9.17) is 9.39 Å². The van der Waals surface area contributed by atoms with Crippen molar-refractivity contribution in [2.45, 2.75) is 38.6 Å². The molecule has 0 bridgehead atoms. The highest BCUT2D eigenvalue weighted by Crippen LogP contribution is 2.22. The molecule has 0 radical (unpaired) electrons. The first-order valence-corrected chi connectivity index (χ1v) is 13.7. The lowest BCUT2D eigenvalue weighted by Gasteiger charge is -2.18. The third-order valence-corrected chi connectivity index (χ3v) is 6.43. The number of aromatic hydroxyl groups is 2. The second-order valence-electron chi connectivity index (χ2n) is 8.69. The molecule has 3 aromatic rings. The molecule has 204 valence electrons. The molecule has 0 saturated heterocycles. The zero-order valence-corrected chi connectivity index (χ0v) is 21.9. The molecule has 2 heterocycles. The quantitative estimate of drug-likeness (QED) is 0.120. The summed E-state index contributed by atoms with van der Waals surface area (Å²) in [6, 6.07) is 13.5. The SMILES string of the molecule is CN(CCCS(=O)(=O)O)c1ccc(N=Nc2cc[n+](CCCCCC(=O)On3c(O)ccc3O)cc2)cc1. The first-order valence-electron chi connectivity index (χ1n) is 12.1. The van der Waals surface area contributed by atoms with Gasteiger partial charge in [-0.3, -0.25) is 4.55 Å². The monoisotopic (exact) mass is 546 g/mol. The van der Waals surface area contributed by atoms with Crippen molar-refractivity contribution in [3.05, 3.63) is 60.9 Å². The van der Waals surface area contributed by atoms with Gasteiger partial charge in [0.05, 0.1) is 17.1 Å². The van der Waals surface area contributed by atoms with E-state index in [0.717, 1.165) is 25.1 Å². The summed E-state index contributed by atoms with van der Waals surface area (Å²) < 4.78 is 33.2. The Morgan fingerprint density at radius 3 is 2.13 bits per heavy atom. The van der Waals surface area contributed by atoms with Crippen LogP contribution < -0.4 is 14.3 Å². The van der Waals surface area contributed by atoms with E-state index in [1.165, 1.54) is 12.1 Å². The maximum absolute atomic E-state index is 11.8. The smallest absolute Gasteiger partial charge is 0.333 e. The van der Waals surface area contributed by atoms with E-state index in [9.17, 15) is 23.4 Å². The number of carbonyl (C=O) groups excluding carboxylic acids is 1. The molecule has 0 aliphatic rings. The molecule has 0 aliphatic heterocycles. The Labute approximate surface area is 221 Å². The Morgan fingerprint density at radius 1 is 0.921 bits per heavy atom. The van der Waals surface area contributed by atoms with Gasteiger partial charge in [0.25, 0.3) is 10.1 Å². The molecule has 2 aromatic heterocycles. The van der Waals surface area contributed by atoms with Gasteiger partial charge in [0.15, 0.2) is 12.4 Å². The lowest BCUT2D eigenvalue weighted by Crippen LogP contribution is -2.32. The van der Waals surface area contributed by atoms with Crippen LogP contribution in [0.3, 0.4) is 0 Å². The highest BCUT2D eigenvalue weighted by molar-refractivity contribution is 7.85.